The average molecular weight is 415 g/mol. The van der Waals surface area contributed by atoms with Gasteiger partial charge in [0.2, 0.25) is 0 Å². The monoisotopic (exact) mass is 414 g/mol. The smallest absolute Gasteiger partial charge is 0.0963 e. The van der Waals surface area contributed by atoms with Crippen molar-refractivity contribution in [1.82, 2.24) is 25.5 Å². The summed E-state index contributed by atoms with van der Waals surface area (Å²) in [6, 6.07) is 5.94. The number of anilines is 1. The van der Waals surface area contributed by atoms with Crippen molar-refractivity contribution in [1.29, 1.82) is 0 Å². The van der Waals surface area contributed by atoms with E-state index in [-0.39, 0.29) is 0 Å². The molecule has 1 fully saturated rings. The lowest BCUT2D eigenvalue weighted by Gasteiger charge is -2.22. The number of hydrogen-bond donors (Lipinski definition) is 3. The highest BCUT2D eigenvalue weighted by atomic mass is 15.1. The molecule has 4 rings (SSSR count). The second kappa shape index (κ2) is 11.7. The van der Waals surface area contributed by atoms with E-state index in [0.717, 1.165) is 47.9 Å². The highest BCUT2D eigenvalue weighted by Crippen LogP contribution is 2.19. The molecule has 0 unspecified atom stereocenters. The van der Waals surface area contributed by atoms with Gasteiger partial charge in [-0.05, 0) is 62.0 Å². The minimum absolute atomic E-state index is 0.692. The molecule has 1 saturated heterocycles. The Balaban J connectivity index is 0.00000132. The first kappa shape index (κ1) is 22.3. The maximum Gasteiger partial charge on any atom is 0.0963 e. The highest BCUT2D eigenvalue weighted by molar-refractivity contribution is 5.76. The van der Waals surface area contributed by atoms with Crippen LogP contribution in [0.15, 0.2) is 55.8 Å². The number of nitrogens with zero attached hydrogens (tertiary/aromatic N) is 3. The van der Waals surface area contributed by atoms with Crippen molar-refractivity contribution in [3.63, 3.8) is 0 Å². The van der Waals surface area contributed by atoms with Crippen molar-refractivity contribution in [3.8, 4) is 11.8 Å². The summed E-state index contributed by atoms with van der Waals surface area (Å²) in [5.41, 5.74) is 5.27. The number of hydrogen-bond acceptors (Lipinski definition) is 5. The molecular formula is C25H30N6. The van der Waals surface area contributed by atoms with E-state index < -0.39 is 0 Å². The van der Waals surface area contributed by atoms with Gasteiger partial charge in [-0.15, -0.1) is 0 Å². The summed E-state index contributed by atoms with van der Waals surface area (Å²) in [6.45, 7) is 10.3. The summed E-state index contributed by atoms with van der Waals surface area (Å²) in [4.78, 5) is 8.48. The third-order valence-corrected chi connectivity index (χ3v) is 5.02. The number of aromatic nitrogens is 4. The van der Waals surface area contributed by atoms with E-state index >= 15 is 0 Å². The summed E-state index contributed by atoms with van der Waals surface area (Å²) in [6.07, 6.45) is 12.5. The Morgan fingerprint density at radius 3 is 2.74 bits per heavy atom. The molecule has 3 aromatic rings. The van der Waals surface area contributed by atoms with Gasteiger partial charge in [0.15, 0.2) is 0 Å². The van der Waals surface area contributed by atoms with Crippen LogP contribution in [0.4, 0.5) is 5.69 Å². The Hall–Kier alpha value is -3.43. The van der Waals surface area contributed by atoms with Gasteiger partial charge in [-0.1, -0.05) is 32.3 Å². The summed E-state index contributed by atoms with van der Waals surface area (Å²) >= 11 is 0. The lowest BCUT2D eigenvalue weighted by atomic mass is 9.91. The Morgan fingerprint density at radius 1 is 1.13 bits per heavy atom. The van der Waals surface area contributed by atoms with Crippen molar-refractivity contribution in [3.05, 3.63) is 78.1 Å². The summed E-state index contributed by atoms with van der Waals surface area (Å²) in [5, 5.41) is 13.7. The Bertz CT molecular complexity index is 1020. The van der Waals surface area contributed by atoms with Crippen molar-refractivity contribution >= 4 is 11.4 Å². The molecule has 6 nitrogen and oxygen atoms in total. The summed E-state index contributed by atoms with van der Waals surface area (Å²) in [7, 11) is 0. The summed E-state index contributed by atoms with van der Waals surface area (Å²) < 4.78 is 0. The van der Waals surface area contributed by atoms with Gasteiger partial charge in [-0.3, -0.25) is 15.1 Å². The van der Waals surface area contributed by atoms with Crippen LogP contribution in [0.25, 0.3) is 5.70 Å². The van der Waals surface area contributed by atoms with Crippen molar-refractivity contribution in [2.75, 3.05) is 18.4 Å². The van der Waals surface area contributed by atoms with Gasteiger partial charge in [-0.2, -0.15) is 5.10 Å². The quantitative estimate of drug-likeness (QED) is 0.544. The first-order valence-corrected chi connectivity index (χ1v) is 10.8. The molecule has 160 valence electrons. The van der Waals surface area contributed by atoms with Gasteiger partial charge < -0.3 is 10.6 Å². The first-order valence-electron chi connectivity index (χ1n) is 10.8. The summed E-state index contributed by atoms with van der Waals surface area (Å²) in [5.74, 6) is 7.14. The molecule has 0 bridgehead atoms. The molecule has 1 aliphatic heterocycles. The molecule has 1 aliphatic rings. The van der Waals surface area contributed by atoms with Crippen LogP contribution in [0.1, 0.15) is 49.1 Å². The molecule has 3 aromatic heterocycles. The first-order chi connectivity index (χ1) is 15.3. The van der Waals surface area contributed by atoms with Crippen LogP contribution in [0.2, 0.25) is 0 Å². The van der Waals surface area contributed by atoms with Crippen LogP contribution < -0.4 is 10.6 Å². The maximum atomic E-state index is 4.39. The minimum Gasteiger partial charge on any atom is -0.353 e. The Labute approximate surface area is 184 Å². The van der Waals surface area contributed by atoms with Crippen LogP contribution in [-0.2, 0) is 6.42 Å². The molecule has 31 heavy (non-hydrogen) atoms. The van der Waals surface area contributed by atoms with Crippen LogP contribution in [0.5, 0.6) is 0 Å². The SMILES string of the molecule is C=C(Nc1cccnc1)c1[nH]ncc1C#Cc1cncc(CC2CCNCC2)c1.CC. The zero-order valence-corrected chi connectivity index (χ0v) is 18.3. The highest BCUT2D eigenvalue weighted by Gasteiger charge is 2.13. The second-order valence-corrected chi connectivity index (χ2v) is 7.23. The van der Waals surface area contributed by atoms with Crippen molar-refractivity contribution in [2.45, 2.75) is 33.1 Å². The van der Waals surface area contributed by atoms with Crippen LogP contribution in [0, 0.1) is 17.8 Å². The molecule has 0 radical (unpaired) electrons. The molecule has 0 atom stereocenters. The van der Waals surface area contributed by atoms with Gasteiger partial charge in [0.1, 0.15) is 0 Å². The van der Waals surface area contributed by atoms with E-state index in [9.17, 15) is 0 Å². The maximum absolute atomic E-state index is 4.39. The molecule has 0 spiro atoms. The standard InChI is InChI=1S/C23H24N6.C2H6/c1-17(28-22-3-2-8-25-16-22)23-21(15-27-29-23)5-4-19-12-20(14-26-13-19)11-18-6-9-24-10-7-18;1-2/h2-3,8,12-16,18,24,28H,1,6-7,9-11H2,(H,27,29);1-2H3. The molecule has 4 heterocycles. The number of aromatic amines is 1. The number of H-pyrrole nitrogens is 1. The van der Waals surface area contributed by atoms with Crippen molar-refractivity contribution in [2.24, 2.45) is 5.92 Å². The topological polar surface area (TPSA) is 78.5 Å². The number of nitrogens with one attached hydrogen (secondary N) is 3. The fourth-order valence-electron chi connectivity index (χ4n) is 3.51. The largest absolute Gasteiger partial charge is 0.353 e. The number of piperidine rings is 1. The van der Waals surface area contributed by atoms with E-state index in [1.54, 1.807) is 24.8 Å². The third-order valence-electron chi connectivity index (χ3n) is 5.02. The number of rotatable bonds is 5. The normalized spacial score (nSPS) is 13.4. The second-order valence-electron chi connectivity index (χ2n) is 7.23. The molecule has 0 amide bonds. The van der Waals surface area contributed by atoms with E-state index in [4.69, 9.17) is 0 Å². The molecule has 0 aromatic carbocycles. The van der Waals surface area contributed by atoms with E-state index in [1.807, 2.05) is 32.2 Å². The van der Waals surface area contributed by atoms with E-state index in [0.29, 0.717) is 5.70 Å². The lowest BCUT2D eigenvalue weighted by molar-refractivity contribution is 0.372. The van der Waals surface area contributed by atoms with Crippen molar-refractivity contribution < 1.29 is 0 Å². The van der Waals surface area contributed by atoms with Gasteiger partial charge >= 0.3 is 0 Å². The van der Waals surface area contributed by atoms with Crippen LogP contribution in [-0.4, -0.2) is 33.3 Å². The molecule has 3 N–H and O–H groups in total. The zero-order valence-electron chi connectivity index (χ0n) is 18.3. The average Bonchev–Trinajstić information content (AvgIpc) is 3.30. The predicted molar refractivity (Wildman–Crippen MR) is 126 cm³/mol. The Kier molecular flexibility index (Phi) is 8.39. The fraction of sp³-hybridized carbons (Fsp3) is 0.320. The molecule has 0 aliphatic carbocycles. The van der Waals surface area contributed by atoms with Gasteiger partial charge in [0.25, 0.3) is 0 Å². The van der Waals surface area contributed by atoms with Gasteiger partial charge in [0.05, 0.1) is 35.0 Å². The van der Waals surface area contributed by atoms with Gasteiger partial charge in [-0.25, -0.2) is 0 Å². The lowest BCUT2D eigenvalue weighted by Crippen LogP contribution is -2.28. The fourth-order valence-corrected chi connectivity index (χ4v) is 3.51. The van der Waals surface area contributed by atoms with Crippen LogP contribution in [0.3, 0.4) is 0 Å². The van der Waals surface area contributed by atoms with Crippen LogP contribution >= 0.6 is 0 Å². The molecule has 6 heteroatoms. The Morgan fingerprint density at radius 2 is 1.97 bits per heavy atom. The van der Waals surface area contributed by atoms with Gasteiger partial charge in [0, 0.05) is 24.2 Å². The zero-order chi connectivity index (χ0) is 21.9. The molecular weight excluding hydrogens is 384 g/mol. The third kappa shape index (κ3) is 6.53. The number of pyridine rings is 2. The molecule has 0 saturated carbocycles. The van der Waals surface area contributed by atoms with E-state index in [1.165, 1.54) is 18.4 Å². The van der Waals surface area contributed by atoms with E-state index in [2.05, 4.69) is 55.3 Å². The minimum atomic E-state index is 0.692. The predicted octanol–water partition coefficient (Wildman–Crippen LogP) is 4.25.